The van der Waals surface area contributed by atoms with Crippen molar-refractivity contribution in [3.8, 4) is 22.1 Å². The number of nitrogens with zero attached hydrogens (tertiary/aromatic N) is 1. The molecular formula is C19H14F2N3O3S. The van der Waals surface area contributed by atoms with E-state index in [-0.39, 0.29) is 11.0 Å². The number of anilines is 1. The second-order valence-electron chi connectivity index (χ2n) is 5.66. The Kier molecular flexibility index (Phi) is 5.65. The van der Waals surface area contributed by atoms with Gasteiger partial charge in [-0.2, -0.15) is 0 Å². The van der Waals surface area contributed by atoms with Crippen molar-refractivity contribution < 1.29 is 23.1 Å². The zero-order valence-corrected chi connectivity index (χ0v) is 15.3. The quantitative estimate of drug-likeness (QED) is 0.612. The zero-order chi connectivity index (χ0) is 20.3. The maximum absolute atomic E-state index is 13.2. The molecule has 143 valence electrons. The first-order valence-electron chi connectivity index (χ1n) is 7.98. The van der Waals surface area contributed by atoms with Gasteiger partial charge in [-0.1, -0.05) is 11.3 Å². The Balaban J connectivity index is 1.94. The molecule has 3 N–H and O–H groups in total. The molecule has 0 unspecified atom stereocenters. The largest absolute Gasteiger partial charge is 0.444 e. The topological polar surface area (TPSA) is 94.3 Å². The zero-order valence-electron chi connectivity index (χ0n) is 14.5. The molecule has 3 aromatic rings. The van der Waals surface area contributed by atoms with E-state index in [1.54, 1.807) is 0 Å². The second kappa shape index (κ2) is 8.13. The summed E-state index contributed by atoms with van der Waals surface area (Å²) in [5.74, 6) is -2.21. The minimum absolute atomic E-state index is 0.155. The minimum atomic E-state index is -0.851. The fourth-order valence-corrected chi connectivity index (χ4v) is 2.99. The van der Waals surface area contributed by atoms with E-state index in [2.05, 4.69) is 10.3 Å². The van der Waals surface area contributed by atoms with Crippen molar-refractivity contribution >= 4 is 28.3 Å². The summed E-state index contributed by atoms with van der Waals surface area (Å²) in [5.41, 5.74) is 6.00. The van der Waals surface area contributed by atoms with E-state index in [0.29, 0.717) is 22.1 Å². The molecular weight excluding hydrogens is 388 g/mol. The number of nitrogens with one attached hydrogen (secondary N) is 1. The molecule has 2 amide bonds. The fourth-order valence-electron chi connectivity index (χ4n) is 2.13. The number of benzene rings is 2. The van der Waals surface area contributed by atoms with Gasteiger partial charge in [0.05, 0.1) is 0 Å². The van der Waals surface area contributed by atoms with E-state index in [4.69, 9.17) is 10.5 Å². The summed E-state index contributed by atoms with van der Waals surface area (Å²) in [6, 6.07) is 10.9. The lowest BCUT2D eigenvalue weighted by Crippen LogP contribution is -2.30. The number of halogens is 2. The van der Waals surface area contributed by atoms with Gasteiger partial charge in [0.1, 0.15) is 29.0 Å². The average Bonchev–Trinajstić information content (AvgIpc) is 3.05. The molecule has 0 fully saturated rings. The highest BCUT2D eigenvalue weighted by Gasteiger charge is 2.23. The average molecular weight is 402 g/mol. The lowest BCUT2D eigenvalue weighted by atomic mass is 10.1. The molecule has 0 saturated carbocycles. The van der Waals surface area contributed by atoms with Gasteiger partial charge in [-0.25, -0.2) is 13.8 Å². The summed E-state index contributed by atoms with van der Waals surface area (Å²) in [7, 11) is 0. The predicted octanol–water partition coefficient (Wildman–Crippen LogP) is 3.90. The van der Waals surface area contributed by atoms with E-state index in [9.17, 15) is 18.4 Å². The number of carbonyl (C=O) groups excluding carboxylic acids is 2. The standard InChI is InChI=1S/C19H14F2N3O3S/c1-10(16(22)25)17(26)24-19-23-15(11-2-4-12(20)5-3-11)18(28-19)27-14-8-6-13(21)7-9-14/h2-9H,1H3,(H2,22,25)(H,23,24,26). The van der Waals surface area contributed by atoms with Crippen LogP contribution in [-0.4, -0.2) is 16.8 Å². The van der Waals surface area contributed by atoms with E-state index < -0.39 is 23.4 Å². The van der Waals surface area contributed by atoms with Gasteiger partial charge in [-0.3, -0.25) is 9.59 Å². The molecule has 0 aliphatic rings. The lowest BCUT2D eigenvalue weighted by molar-refractivity contribution is -0.122. The minimum Gasteiger partial charge on any atom is -0.444 e. The molecule has 0 aliphatic heterocycles. The van der Waals surface area contributed by atoms with E-state index in [0.717, 1.165) is 11.3 Å². The Hall–Kier alpha value is -3.33. The normalized spacial score (nSPS) is 10.7. The number of amides is 2. The Morgan fingerprint density at radius 1 is 1.04 bits per heavy atom. The van der Waals surface area contributed by atoms with Crippen LogP contribution < -0.4 is 15.8 Å². The molecule has 0 atom stereocenters. The van der Waals surface area contributed by atoms with Crippen molar-refractivity contribution in [2.75, 3.05) is 5.32 Å². The third-order valence-corrected chi connectivity index (χ3v) is 4.52. The molecule has 3 rings (SSSR count). The van der Waals surface area contributed by atoms with Gasteiger partial charge in [0.2, 0.25) is 16.9 Å². The van der Waals surface area contributed by atoms with Crippen molar-refractivity contribution in [1.29, 1.82) is 0 Å². The van der Waals surface area contributed by atoms with Crippen molar-refractivity contribution in [2.24, 2.45) is 5.73 Å². The molecule has 2 aromatic carbocycles. The first-order valence-corrected chi connectivity index (χ1v) is 8.80. The van der Waals surface area contributed by atoms with Gasteiger partial charge in [-0.05, 0) is 55.5 Å². The number of nitrogens with two attached hydrogens (primary N) is 1. The SMILES string of the molecule is C[C](C(N)=O)C(=O)Nc1nc(-c2ccc(F)cc2)c(Oc2ccc(F)cc2)s1. The van der Waals surface area contributed by atoms with Crippen molar-refractivity contribution in [1.82, 2.24) is 4.98 Å². The van der Waals surface area contributed by atoms with Crippen LogP contribution in [0, 0.1) is 17.6 Å². The number of ether oxygens (including phenoxy) is 1. The van der Waals surface area contributed by atoms with Gasteiger partial charge in [-0.15, -0.1) is 0 Å². The van der Waals surface area contributed by atoms with E-state index in [1.165, 1.54) is 55.5 Å². The smallest absolute Gasteiger partial charge is 0.243 e. The van der Waals surface area contributed by atoms with E-state index in [1.807, 2.05) is 0 Å². The van der Waals surface area contributed by atoms with Gasteiger partial charge >= 0.3 is 0 Å². The summed E-state index contributed by atoms with van der Waals surface area (Å²) in [5, 5.41) is 2.93. The Morgan fingerprint density at radius 2 is 1.61 bits per heavy atom. The predicted molar refractivity (Wildman–Crippen MR) is 101 cm³/mol. The highest BCUT2D eigenvalue weighted by Crippen LogP contribution is 2.40. The van der Waals surface area contributed by atoms with Crippen LogP contribution in [0.25, 0.3) is 11.3 Å². The third kappa shape index (κ3) is 4.49. The molecule has 0 bridgehead atoms. The highest BCUT2D eigenvalue weighted by molar-refractivity contribution is 7.18. The lowest BCUT2D eigenvalue weighted by Gasteiger charge is -2.05. The first kappa shape index (κ1) is 19.4. The van der Waals surface area contributed by atoms with Crippen LogP contribution in [0.4, 0.5) is 13.9 Å². The van der Waals surface area contributed by atoms with Gasteiger partial charge < -0.3 is 15.8 Å². The van der Waals surface area contributed by atoms with Crippen LogP contribution in [-0.2, 0) is 9.59 Å². The van der Waals surface area contributed by atoms with Crippen LogP contribution in [0.2, 0.25) is 0 Å². The number of aromatic nitrogens is 1. The fraction of sp³-hybridized carbons (Fsp3) is 0.0526. The molecule has 1 radical (unpaired) electrons. The molecule has 1 aromatic heterocycles. The maximum atomic E-state index is 13.2. The molecule has 1 heterocycles. The number of rotatable bonds is 6. The molecule has 0 saturated heterocycles. The van der Waals surface area contributed by atoms with Crippen LogP contribution in [0.3, 0.4) is 0 Å². The van der Waals surface area contributed by atoms with E-state index >= 15 is 0 Å². The van der Waals surface area contributed by atoms with Crippen LogP contribution in [0.5, 0.6) is 10.8 Å². The monoisotopic (exact) mass is 402 g/mol. The summed E-state index contributed by atoms with van der Waals surface area (Å²) < 4.78 is 32.1. The Morgan fingerprint density at radius 3 is 2.18 bits per heavy atom. The number of primary amides is 1. The first-order chi connectivity index (χ1) is 13.3. The van der Waals surface area contributed by atoms with Gasteiger partial charge in [0, 0.05) is 5.56 Å². The van der Waals surface area contributed by atoms with Crippen molar-refractivity contribution in [3.63, 3.8) is 0 Å². The van der Waals surface area contributed by atoms with Crippen LogP contribution in [0.1, 0.15) is 6.92 Å². The summed E-state index contributed by atoms with van der Waals surface area (Å²) >= 11 is 0.997. The highest BCUT2D eigenvalue weighted by atomic mass is 32.1. The van der Waals surface area contributed by atoms with Crippen molar-refractivity contribution in [3.05, 3.63) is 66.1 Å². The van der Waals surface area contributed by atoms with Gasteiger partial charge in [0.25, 0.3) is 0 Å². The molecule has 9 heteroatoms. The summed E-state index contributed by atoms with van der Waals surface area (Å²) in [6.45, 7) is 1.29. The molecule has 6 nitrogen and oxygen atoms in total. The molecule has 28 heavy (non-hydrogen) atoms. The van der Waals surface area contributed by atoms with Crippen LogP contribution in [0.15, 0.2) is 48.5 Å². The number of thiazole rings is 1. The van der Waals surface area contributed by atoms with Crippen LogP contribution >= 0.6 is 11.3 Å². The Labute approximate surface area is 163 Å². The van der Waals surface area contributed by atoms with Gasteiger partial charge in [0.15, 0.2) is 5.13 Å². The number of hydrogen-bond acceptors (Lipinski definition) is 5. The number of hydrogen-bond donors (Lipinski definition) is 2. The summed E-state index contributed by atoms with van der Waals surface area (Å²) in [4.78, 5) is 27.5. The molecule has 0 spiro atoms. The second-order valence-corrected chi connectivity index (χ2v) is 6.62. The Bertz CT molecular complexity index is 1000. The molecule has 0 aliphatic carbocycles. The maximum Gasteiger partial charge on any atom is 0.243 e. The third-order valence-electron chi connectivity index (χ3n) is 3.67. The summed E-state index contributed by atoms with van der Waals surface area (Å²) in [6.07, 6.45) is 0. The number of carbonyl (C=O) groups is 2. The van der Waals surface area contributed by atoms with Crippen molar-refractivity contribution in [2.45, 2.75) is 6.92 Å².